The van der Waals surface area contributed by atoms with Crippen molar-refractivity contribution in [3.05, 3.63) is 28.8 Å². The molecule has 1 heterocycles. The number of hydrogen-bond donors (Lipinski definition) is 0. The van der Waals surface area contributed by atoms with Crippen molar-refractivity contribution in [2.24, 2.45) is 0 Å². The molecule has 0 unspecified atom stereocenters. The Morgan fingerprint density at radius 3 is 2.56 bits per heavy atom. The average Bonchev–Trinajstić information content (AvgIpc) is 2.43. The van der Waals surface area contributed by atoms with E-state index < -0.39 is 0 Å². The molecule has 0 amide bonds. The molecule has 0 aliphatic carbocycles. The van der Waals surface area contributed by atoms with E-state index in [-0.39, 0.29) is 0 Å². The van der Waals surface area contributed by atoms with Gasteiger partial charge in [0.1, 0.15) is 0 Å². The van der Waals surface area contributed by atoms with Gasteiger partial charge in [0.05, 0.1) is 0 Å². The van der Waals surface area contributed by atoms with Crippen LogP contribution in [-0.2, 0) is 17.3 Å². The Hall–Kier alpha value is 0.173. The van der Waals surface area contributed by atoms with Crippen molar-refractivity contribution >= 4 is 21.0 Å². The summed E-state index contributed by atoms with van der Waals surface area (Å²) in [4.78, 5) is 0.889. The van der Waals surface area contributed by atoms with Gasteiger partial charge in [0.2, 0.25) is 0 Å². The number of rotatable bonds is 0. The third-order valence-electron chi connectivity index (χ3n) is 0.644. The minimum atomic E-state index is 0.847. The van der Waals surface area contributed by atoms with Crippen LogP contribution >= 0.6 is 21.0 Å². The Kier molecular flexibility index (Phi) is 6.42. The van der Waals surface area contributed by atoms with E-state index in [1.54, 1.807) is 0 Å². The molecule has 0 fully saturated rings. The van der Waals surface area contributed by atoms with Gasteiger partial charge in [0, 0.05) is 0 Å². The van der Waals surface area contributed by atoms with E-state index in [2.05, 4.69) is 5.92 Å². The monoisotopic (exact) mass is 206 g/mol. The fourth-order valence-electron chi connectivity index (χ4n) is 0.350. The molecule has 3 heteroatoms. The summed E-state index contributed by atoms with van der Waals surface area (Å²) in [7, 11) is 4.76. The molecule has 0 radical (unpaired) electrons. The third kappa shape index (κ3) is 3.70. The fourth-order valence-corrected chi connectivity index (χ4v) is 0.869. The predicted molar refractivity (Wildman–Crippen MR) is 36.4 cm³/mol. The molecule has 0 aliphatic rings. The molecule has 0 atom stereocenters. The molecular weight excluding hydrogens is 205 g/mol. The molecular formula is C6H3ClSZn. The number of thiophene rings is 1. The topological polar surface area (TPSA) is 0 Å². The van der Waals surface area contributed by atoms with Crippen molar-refractivity contribution in [3.63, 3.8) is 0 Å². The molecule has 9 heavy (non-hydrogen) atoms. The predicted octanol–water partition coefficient (Wildman–Crippen LogP) is 2.37. The van der Waals surface area contributed by atoms with Crippen LogP contribution in [0.2, 0.25) is 0 Å². The van der Waals surface area contributed by atoms with Crippen LogP contribution in [0.3, 0.4) is 0 Å². The molecule has 0 saturated carbocycles. The van der Waals surface area contributed by atoms with Crippen LogP contribution in [0.15, 0.2) is 17.5 Å². The summed E-state index contributed by atoms with van der Waals surface area (Å²) in [6, 6.07) is 3.76. The molecule has 0 nitrogen and oxygen atoms in total. The zero-order valence-corrected chi connectivity index (χ0v) is 9.26. The first kappa shape index (κ1) is 9.17. The van der Waals surface area contributed by atoms with E-state index in [0.29, 0.717) is 0 Å². The van der Waals surface area contributed by atoms with Gasteiger partial charge >= 0.3 is 27.0 Å². The summed E-state index contributed by atoms with van der Waals surface area (Å²) in [5, 5.41) is 1.93. The van der Waals surface area contributed by atoms with Gasteiger partial charge in [-0.2, -0.15) is 0 Å². The summed E-state index contributed by atoms with van der Waals surface area (Å²) in [6.07, 6.45) is 6.62. The molecule has 1 aromatic heterocycles. The van der Waals surface area contributed by atoms with E-state index in [4.69, 9.17) is 16.1 Å². The van der Waals surface area contributed by atoms with E-state index in [1.165, 1.54) is 11.3 Å². The molecule has 42 valence electrons. The first-order valence-corrected chi connectivity index (χ1v) is 6.94. The normalized spacial score (nSPS) is 6.89. The van der Waals surface area contributed by atoms with Gasteiger partial charge < -0.3 is 6.42 Å². The fraction of sp³-hybridized carbons (Fsp3) is 0. The van der Waals surface area contributed by atoms with Crippen LogP contribution in [0.4, 0.5) is 0 Å². The van der Waals surface area contributed by atoms with E-state index >= 15 is 0 Å². The van der Waals surface area contributed by atoms with Crippen molar-refractivity contribution in [2.45, 2.75) is 0 Å². The van der Waals surface area contributed by atoms with Crippen LogP contribution in [-0.4, -0.2) is 0 Å². The zero-order valence-electron chi connectivity index (χ0n) is 4.73. The average molecular weight is 208 g/mol. The SMILES string of the molecule is [C-]#Cc1cccs1.[Cl][Zn+]. The van der Waals surface area contributed by atoms with E-state index in [9.17, 15) is 0 Å². The van der Waals surface area contributed by atoms with Gasteiger partial charge in [-0.3, -0.25) is 5.92 Å². The molecule has 0 aliphatic heterocycles. The van der Waals surface area contributed by atoms with E-state index in [0.717, 1.165) is 22.2 Å². The molecule has 0 saturated heterocycles. The summed E-state index contributed by atoms with van der Waals surface area (Å²) in [5.74, 6) is 2.28. The first-order valence-electron chi connectivity index (χ1n) is 2.16. The Bertz CT molecular complexity index is 175. The van der Waals surface area contributed by atoms with Crippen LogP contribution in [0.1, 0.15) is 4.88 Å². The zero-order chi connectivity index (χ0) is 7.11. The molecule has 0 bridgehead atoms. The number of hydrogen-bond acceptors (Lipinski definition) is 1. The molecule has 0 aromatic carbocycles. The van der Waals surface area contributed by atoms with Gasteiger partial charge in [-0.25, -0.2) is 11.3 Å². The van der Waals surface area contributed by atoms with Crippen LogP contribution in [0.25, 0.3) is 0 Å². The van der Waals surface area contributed by atoms with Gasteiger partial charge in [-0.05, 0) is 5.38 Å². The van der Waals surface area contributed by atoms with Gasteiger partial charge in [0.15, 0.2) is 0 Å². The first-order chi connectivity index (χ1) is 4.43. The number of halogens is 1. The molecule has 0 spiro atoms. The van der Waals surface area contributed by atoms with E-state index in [1.807, 2.05) is 17.5 Å². The summed E-state index contributed by atoms with van der Waals surface area (Å²) >= 11 is 2.37. The van der Waals surface area contributed by atoms with Gasteiger partial charge in [-0.15, -0.1) is 6.07 Å². The second kappa shape index (κ2) is 6.30. The maximum atomic E-state index is 6.62. The maximum absolute atomic E-state index is 6.62. The second-order valence-corrected chi connectivity index (χ2v) is 2.05. The van der Waals surface area contributed by atoms with Crippen LogP contribution in [0, 0.1) is 12.3 Å². The van der Waals surface area contributed by atoms with Crippen molar-refractivity contribution in [1.82, 2.24) is 0 Å². The molecule has 1 aromatic rings. The van der Waals surface area contributed by atoms with Crippen molar-refractivity contribution in [3.8, 4) is 5.92 Å². The Morgan fingerprint density at radius 2 is 2.33 bits per heavy atom. The quantitative estimate of drug-likeness (QED) is 0.348. The summed E-state index contributed by atoms with van der Waals surface area (Å²) in [5.41, 5.74) is 0. The summed E-state index contributed by atoms with van der Waals surface area (Å²) in [6.45, 7) is 0. The standard InChI is InChI=1S/C6H3S.ClH.Zn/c1-2-6-4-3-5-7-6;;/h3-5H;1H;/q-1;;+2/p-1. The Morgan fingerprint density at radius 1 is 1.67 bits per heavy atom. The van der Waals surface area contributed by atoms with Crippen LogP contribution < -0.4 is 0 Å². The second-order valence-electron chi connectivity index (χ2n) is 1.10. The Labute approximate surface area is 73.0 Å². The van der Waals surface area contributed by atoms with Crippen LogP contribution in [0.5, 0.6) is 0 Å². The minimum absolute atomic E-state index is 0.847. The summed E-state index contributed by atoms with van der Waals surface area (Å²) < 4.78 is 0. The van der Waals surface area contributed by atoms with Crippen molar-refractivity contribution in [1.29, 1.82) is 0 Å². The molecule has 1 rings (SSSR count). The van der Waals surface area contributed by atoms with Gasteiger partial charge in [0.25, 0.3) is 0 Å². The van der Waals surface area contributed by atoms with Crippen molar-refractivity contribution < 1.29 is 17.3 Å². The third-order valence-corrected chi connectivity index (χ3v) is 1.43. The van der Waals surface area contributed by atoms with Crippen molar-refractivity contribution in [2.75, 3.05) is 0 Å². The molecule has 0 N–H and O–H groups in total. The Balaban J connectivity index is 0.000000291. The van der Waals surface area contributed by atoms with Gasteiger partial charge in [-0.1, -0.05) is 10.9 Å².